The van der Waals surface area contributed by atoms with Crippen LogP contribution in [0.15, 0.2) is 0 Å². The molecule has 1 saturated heterocycles. The van der Waals surface area contributed by atoms with Crippen LogP contribution in [0.2, 0.25) is 0 Å². The molecule has 1 atom stereocenters. The molecule has 1 heterocycles. The Morgan fingerprint density at radius 3 is 2.67 bits per heavy atom. The van der Waals surface area contributed by atoms with Gasteiger partial charge >= 0.3 is 0 Å². The van der Waals surface area contributed by atoms with Gasteiger partial charge in [0.2, 0.25) is 0 Å². The Kier molecular flexibility index (Phi) is 4.33. The summed E-state index contributed by atoms with van der Waals surface area (Å²) in [5, 5.41) is 6.95. The maximum absolute atomic E-state index is 3.56. The van der Waals surface area contributed by atoms with Gasteiger partial charge in [-0.1, -0.05) is 0 Å². The predicted octanol–water partition coefficient (Wildman–Crippen LogP) is 1.16. The summed E-state index contributed by atoms with van der Waals surface area (Å²) in [5.74, 6) is 0.959. The van der Waals surface area contributed by atoms with Gasteiger partial charge in [0, 0.05) is 6.04 Å². The molecule has 2 nitrogen and oxygen atoms in total. The van der Waals surface area contributed by atoms with Gasteiger partial charge in [0.25, 0.3) is 0 Å². The number of rotatable bonds is 4. The summed E-state index contributed by atoms with van der Waals surface area (Å²) < 4.78 is 0. The molecule has 1 aliphatic carbocycles. The second-order valence-electron chi connectivity index (χ2n) is 3.88. The van der Waals surface area contributed by atoms with E-state index in [2.05, 4.69) is 10.6 Å². The highest BCUT2D eigenvalue weighted by molar-refractivity contribution is 5.85. The van der Waals surface area contributed by atoms with E-state index >= 15 is 0 Å². The van der Waals surface area contributed by atoms with Crippen molar-refractivity contribution in [2.24, 2.45) is 5.92 Å². The minimum atomic E-state index is 0. The fourth-order valence-electron chi connectivity index (χ4n) is 1.74. The zero-order valence-corrected chi connectivity index (χ0v) is 8.33. The number of halogens is 1. The highest BCUT2D eigenvalue weighted by atomic mass is 35.5. The first-order valence-electron chi connectivity index (χ1n) is 4.89. The zero-order valence-electron chi connectivity index (χ0n) is 7.51. The summed E-state index contributed by atoms with van der Waals surface area (Å²) in [5.41, 5.74) is 0. The van der Waals surface area contributed by atoms with Crippen LogP contribution in [0, 0.1) is 5.92 Å². The minimum Gasteiger partial charge on any atom is -0.316 e. The molecule has 0 amide bonds. The lowest BCUT2D eigenvalue weighted by Gasteiger charge is -2.07. The van der Waals surface area contributed by atoms with Gasteiger partial charge in [0.1, 0.15) is 0 Å². The third-order valence-corrected chi connectivity index (χ3v) is 2.73. The number of hydrogen-bond acceptors (Lipinski definition) is 2. The van der Waals surface area contributed by atoms with Gasteiger partial charge < -0.3 is 10.6 Å². The molecule has 0 bridgehead atoms. The van der Waals surface area contributed by atoms with E-state index in [0.717, 1.165) is 12.0 Å². The molecule has 0 spiro atoms. The molecule has 0 unspecified atom stereocenters. The summed E-state index contributed by atoms with van der Waals surface area (Å²) in [6.07, 6.45) is 5.61. The van der Waals surface area contributed by atoms with Crippen molar-refractivity contribution in [2.45, 2.75) is 31.7 Å². The van der Waals surface area contributed by atoms with Crippen LogP contribution in [0.4, 0.5) is 0 Å². The molecule has 3 heteroatoms. The Hall–Kier alpha value is 0.210. The summed E-state index contributed by atoms with van der Waals surface area (Å²) in [4.78, 5) is 0. The maximum atomic E-state index is 3.56. The lowest BCUT2D eigenvalue weighted by molar-refractivity contribution is 0.499. The first kappa shape index (κ1) is 10.3. The molecule has 0 aromatic carbocycles. The monoisotopic (exact) mass is 190 g/mol. The van der Waals surface area contributed by atoms with Gasteiger partial charge in [-0.2, -0.15) is 0 Å². The lowest BCUT2D eigenvalue weighted by atomic mass is 10.1. The van der Waals surface area contributed by atoms with E-state index in [9.17, 15) is 0 Å². The van der Waals surface area contributed by atoms with Gasteiger partial charge in [0.15, 0.2) is 0 Å². The molecule has 2 fully saturated rings. The standard InChI is InChI=1S/C9H18N2.ClH/c1-2-9(1)11-6-4-8-3-5-10-7-8;/h8-11H,1-7H2;1H/t8-;/m0./s1. The molecule has 2 N–H and O–H groups in total. The van der Waals surface area contributed by atoms with Crippen molar-refractivity contribution in [1.82, 2.24) is 10.6 Å². The summed E-state index contributed by atoms with van der Waals surface area (Å²) in [6.45, 7) is 3.75. The van der Waals surface area contributed by atoms with E-state index in [4.69, 9.17) is 0 Å². The Morgan fingerprint density at radius 2 is 2.08 bits per heavy atom. The molecule has 2 rings (SSSR count). The molecule has 0 radical (unpaired) electrons. The molecule has 72 valence electrons. The average molecular weight is 191 g/mol. The number of nitrogens with one attached hydrogen (secondary N) is 2. The van der Waals surface area contributed by atoms with Crippen LogP contribution in [0.3, 0.4) is 0 Å². The largest absolute Gasteiger partial charge is 0.316 e. The summed E-state index contributed by atoms with van der Waals surface area (Å²) in [7, 11) is 0. The van der Waals surface area contributed by atoms with E-state index < -0.39 is 0 Å². The Labute approximate surface area is 80.9 Å². The van der Waals surface area contributed by atoms with Crippen LogP contribution in [-0.4, -0.2) is 25.7 Å². The van der Waals surface area contributed by atoms with Crippen molar-refractivity contribution >= 4 is 12.4 Å². The van der Waals surface area contributed by atoms with E-state index in [1.807, 2.05) is 0 Å². The Balaban J connectivity index is 0.000000720. The molecule has 1 saturated carbocycles. The van der Waals surface area contributed by atoms with Crippen LogP contribution < -0.4 is 10.6 Å². The highest BCUT2D eigenvalue weighted by Gasteiger charge is 2.21. The van der Waals surface area contributed by atoms with E-state index in [-0.39, 0.29) is 12.4 Å². The second kappa shape index (κ2) is 5.05. The van der Waals surface area contributed by atoms with Crippen molar-refractivity contribution in [3.63, 3.8) is 0 Å². The molecule has 12 heavy (non-hydrogen) atoms. The number of hydrogen-bond donors (Lipinski definition) is 2. The molecular formula is C9H19ClN2. The quantitative estimate of drug-likeness (QED) is 0.696. The summed E-state index contributed by atoms with van der Waals surface area (Å²) in [6, 6.07) is 0.893. The smallest absolute Gasteiger partial charge is 0.00682 e. The van der Waals surface area contributed by atoms with Crippen molar-refractivity contribution in [2.75, 3.05) is 19.6 Å². The third kappa shape index (κ3) is 3.30. The Morgan fingerprint density at radius 1 is 1.25 bits per heavy atom. The fraction of sp³-hybridized carbons (Fsp3) is 1.00. The minimum absolute atomic E-state index is 0. The van der Waals surface area contributed by atoms with Crippen molar-refractivity contribution in [3.8, 4) is 0 Å². The van der Waals surface area contributed by atoms with Crippen LogP contribution in [0.5, 0.6) is 0 Å². The first-order valence-corrected chi connectivity index (χ1v) is 4.89. The van der Waals surface area contributed by atoms with Crippen LogP contribution in [0.1, 0.15) is 25.7 Å². The molecule has 2 aliphatic rings. The second-order valence-corrected chi connectivity index (χ2v) is 3.88. The zero-order chi connectivity index (χ0) is 7.52. The van der Waals surface area contributed by atoms with E-state index in [0.29, 0.717) is 0 Å². The van der Waals surface area contributed by atoms with Gasteiger partial charge in [-0.3, -0.25) is 0 Å². The van der Waals surface area contributed by atoms with E-state index in [1.165, 1.54) is 45.3 Å². The predicted molar refractivity (Wildman–Crippen MR) is 53.9 cm³/mol. The van der Waals surface area contributed by atoms with Gasteiger partial charge in [-0.05, 0) is 51.2 Å². The van der Waals surface area contributed by atoms with Crippen molar-refractivity contribution in [1.29, 1.82) is 0 Å². The SMILES string of the molecule is C1C[C@@H](CCNC2CC2)CN1.Cl. The third-order valence-electron chi connectivity index (χ3n) is 2.73. The van der Waals surface area contributed by atoms with Crippen molar-refractivity contribution in [3.05, 3.63) is 0 Å². The maximum Gasteiger partial charge on any atom is 0.00682 e. The topological polar surface area (TPSA) is 24.1 Å². The molecule has 0 aromatic heterocycles. The van der Waals surface area contributed by atoms with Gasteiger partial charge in [-0.15, -0.1) is 12.4 Å². The average Bonchev–Trinajstić information content (AvgIpc) is 2.66. The summed E-state index contributed by atoms with van der Waals surface area (Å²) >= 11 is 0. The molecule has 0 aromatic rings. The molecule has 1 aliphatic heterocycles. The lowest BCUT2D eigenvalue weighted by Crippen LogP contribution is -2.21. The van der Waals surface area contributed by atoms with Gasteiger partial charge in [-0.25, -0.2) is 0 Å². The van der Waals surface area contributed by atoms with E-state index in [1.54, 1.807) is 0 Å². The molecular weight excluding hydrogens is 172 g/mol. The highest BCUT2D eigenvalue weighted by Crippen LogP contribution is 2.19. The van der Waals surface area contributed by atoms with Gasteiger partial charge in [0.05, 0.1) is 0 Å². The normalized spacial score (nSPS) is 28.5. The van der Waals surface area contributed by atoms with Crippen LogP contribution >= 0.6 is 12.4 Å². The van der Waals surface area contributed by atoms with Crippen LogP contribution in [0.25, 0.3) is 0 Å². The van der Waals surface area contributed by atoms with Crippen LogP contribution in [-0.2, 0) is 0 Å². The first-order chi connectivity index (χ1) is 5.45. The van der Waals surface area contributed by atoms with Crippen molar-refractivity contribution < 1.29 is 0 Å². The Bertz CT molecular complexity index is 120. The fourth-order valence-corrected chi connectivity index (χ4v) is 1.74.